The largest absolute Gasteiger partial charge is 0.276 e. The fraction of sp³-hybridized carbons (Fsp3) is 0.188. The predicted molar refractivity (Wildman–Crippen MR) is 161 cm³/mol. The van der Waals surface area contributed by atoms with E-state index in [-0.39, 0.29) is 0 Å². The molecule has 0 N–H and O–H groups in total. The van der Waals surface area contributed by atoms with Gasteiger partial charge in [0.05, 0.1) is 17.1 Å². The van der Waals surface area contributed by atoms with Crippen LogP contribution >= 0.6 is 0 Å². The van der Waals surface area contributed by atoms with Gasteiger partial charge in [-0.3, -0.25) is 9.80 Å². The number of benzene rings is 2. The second-order valence-electron chi connectivity index (χ2n) is 10.5. The summed E-state index contributed by atoms with van der Waals surface area (Å²) in [5.41, 5.74) is 9.61. The second-order valence-corrected chi connectivity index (χ2v) is 10.5. The van der Waals surface area contributed by atoms with Gasteiger partial charge in [0.1, 0.15) is 17.2 Å². The quantitative estimate of drug-likeness (QED) is 0.285. The van der Waals surface area contributed by atoms with E-state index in [1.807, 2.05) is 26.0 Å². The number of hydrogen-bond acceptors (Lipinski definition) is 8. The maximum Gasteiger partial charge on any atom is 0.185 e. The molecule has 4 aromatic heterocycles. The molecule has 0 atom stereocenters. The fourth-order valence-electron chi connectivity index (χ4n) is 5.75. The van der Waals surface area contributed by atoms with Gasteiger partial charge >= 0.3 is 0 Å². The van der Waals surface area contributed by atoms with Crippen LogP contribution in [0.1, 0.15) is 33.8 Å². The van der Waals surface area contributed by atoms with Crippen LogP contribution in [0.4, 0.5) is 23.0 Å². The highest BCUT2D eigenvalue weighted by atomic mass is 15.5. The van der Waals surface area contributed by atoms with Crippen molar-refractivity contribution < 1.29 is 0 Å². The smallest absolute Gasteiger partial charge is 0.185 e. The first-order valence-electron chi connectivity index (χ1n) is 13.6. The summed E-state index contributed by atoms with van der Waals surface area (Å²) in [4.78, 5) is 23.9. The van der Waals surface area contributed by atoms with Crippen molar-refractivity contribution in [3.05, 3.63) is 106 Å². The minimum absolute atomic E-state index is 0.603. The van der Waals surface area contributed by atoms with Crippen molar-refractivity contribution in [3.63, 3.8) is 0 Å². The second kappa shape index (κ2) is 9.19. The Morgan fingerprint density at radius 1 is 0.634 bits per heavy atom. The van der Waals surface area contributed by atoms with Gasteiger partial charge in [0.25, 0.3) is 0 Å². The molecule has 9 heteroatoms. The Morgan fingerprint density at radius 2 is 1.24 bits per heavy atom. The van der Waals surface area contributed by atoms with Gasteiger partial charge in [-0.25, -0.2) is 19.9 Å². The molecule has 0 aliphatic carbocycles. The zero-order chi connectivity index (χ0) is 28.4. The van der Waals surface area contributed by atoms with E-state index in [4.69, 9.17) is 9.97 Å². The average Bonchev–Trinajstić information content (AvgIpc) is 3.54. The first kappa shape index (κ1) is 24.8. The highest BCUT2D eigenvalue weighted by Gasteiger charge is 2.39. The fourth-order valence-corrected chi connectivity index (χ4v) is 5.75. The van der Waals surface area contributed by atoms with E-state index in [2.05, 4.69) is 106 Å². The number of hydrogen-bond donors (Lipinski definition) is 0. The number of aryl methyl sites for hydroxylation is 6. The number of allylic oxidation sites excluding steroid dienone is 1. The van der Waals surface area contributed by atoms with Crippen LogP contribution in [0.25, 0.3) is 22.9 Å². The van der Waals surface area contributed by atoms with Gasteiger partial charge in [0.2, 0.25) is 0 Å². The lowest BCUT2D eigenvalue weighted by Crippen LogP contribution is -2.24. The maximum atomic E-state index is 5.16. The SMILES string of the molecule is Cc1nc2/c(=C\C=C3\N(c4c(C)cccc4C)c4nc5cccnc5nc4N3c3c(C)cccc3C)c(C)nn2n1. The number of pyridine rings is 1. The summed E-state index contributed by atoms with van der Waals surface area (Å²) < 4.78 is 1.60. The third-order valence-electron chi connectivity index (χ3n) is 7.58. The summed E-state index contributed by atoms with van der Waals surface area (Å²) >= 11 is 0. The Morgan fingerprint density at radius 3 is 1.88 bits per heavy atom. The van der Waals surface area contributed by atoms with Crippen molar-refractivity contribution >= 4 is 45.9 Å². The third-order valence-corrected chi connectivity index (χ3v) is 7.58. The number of anilines is 4. The van der Waals surface area contributed by atoms with Gasteiger partial charge in [0.15, 0.2) is 22.9 Å². The van der Waals surface area contributed by atoms with Crippen LogP contribution in [0, 0.1) is 41.5 Å². The van der Waals surface area contributed by atoms with Gasteiger partial charge in [-0.05, 0) is 88.1 Å². The first-order valence-corrected chi connectivity index (χ1v) is 13.6. The molecule has 0 radical (unpaired) electrons. The van der Waals surface area contributed by atoms with E-state index in [0.717, 1.165) is 73.2 Å². The Labute approximate surface area is 237 Å². The molecule has 1 aliphatic heterocycles. The summed E-state index contributed by atoms with van der Waals surface area (Å²) in [6, 6.07) is 16.6. The highest BCUT2D eigenvalue weighted by Crippen LogP contribution is 2.50. The first-order chi connectivity index (χ1) is 19.8. The summed E-state index contributed by atoms with van der Waals surface area (Å²) in [7, 11) is 0. The third kappa shape index (κ3) is 3.84. The molecular formula is C32H29N9. The topological polar surface area (TPSA) is 88.2 Å². The molecule has 6 aromatic rings. The Hall–Kier alpha value is -5.18. The lowest BCUT2D eigenvalue weighted by molar-refractivity contribution is 0.793. The standard InChI is InChI=1S/C32H29N9/c1-18-10-7-11-19(2)27(18)39-26(16-15-24-22(5)37-41-30(24)34-23(6)38-41)40(28-20(3)12-8-13-21(28)4)32-31(39)35-25-14-9-17-33-29(25)36-32/h7-17H,1-6H3/b24-15-,26-16-. The normalized spacial score (nSPS) is 14.7. The van der Waals surface area contributed by atoms with Crippen LogP contribution in [0.2, 0.25) is 0 Å². The molecule has 0 bridgehead atoms. The van der Waals surface area contributed by atoms with E-state index < -0.39 is 0 Å². The van der Waals surface area contributed by atoms with Gasteiger partial charge < -0.3 is 0 Å². The number of nitrogens with zero attached hydrogens (tertiary/aromatic N) is 9. The van der Waals surface area contributed by atoms with Crippen LogP contribution < -0.4 is 15.0 Å². The average molecular weight is 540 g/mol. The molecule has 202 valence electrons. The van der Waals surface area contributed by atoms with E-state index in [1.165, 1.54) is 0 Å². The van der Waals surface area contributed by atoms with Crippen molar-refractivity contribution in [1.29, 1.82) is 0 Å². The van der Waals surface area contributed by atoms with Crippen LogP contribution in [0.5, 0.6) is 0 Å². The van der Waals surface area contributed by atoms with Gasteiger partial charge in [-0.15, -0.1) is 9.73 Å². The zero-order valence-corrected chi connectivity index (χ0v) is 23.9. The van der Waals surface area contributed by atoms with E-state index in [9.17, 15) is 0 Å². The van der Waals surface area contributed by atoms with Gasteiger partial charge in [-0.1, -0.05) is 36.4 Å². The van der Waals surface area contributed by atoms with Crippen LogP contribution in [-0.4, -0.2) is 34.8 Å². The van der Waals surface area contributed by atoms with E-state index >= 15 is 0 Å². The van der Waals surface area contributed by atoms with Crippen molar-refractivity contribution in [2.24, 2.45) is 0 Å². The molecule has 0 spiro atoms. The molecule has 1 aliphatic rings. The minimum Gasteiger partial charge on any atom is -0.276 e. The number of aromatic nitrogens is 7. The Kier molecular flexibility index (Phi) is 5.57. The molecule has 7 rings (SSSR count). The molecule has 0 saturated carbocycles. The van der Waals surface area contributed by atoms with Gasteiger partial charge in [0, 0.05) is 11.4 Å². The molecule has 9 nitrogen and oxygen atoms in total. The van der Waals surface area contributed by atoms with Gasteiger partial charge in [-0.2, -0.15) is 5.10 Å². The number of rotatable bonds is 3. The summed E-state index contributed by atoms with van der Waals surface area (Å²) in [5, 5.41) is 9.93. The van der Waals surface area contributed by atoms with Crippen LogP contribution in [0.15, 0.2) is 66.6 Å². The molecular weight excluding hydrogens is 510 g/mol. The summed E-state index contributed by atoms with van der Waals surface area (Å²) in [6.45, 7) is 12.4. The van der Waals surface area contributed by atoms with E-state index in [1.54, 1.807) is 10.8 Å². The number of para-hydroxylation sites is 2. The van der Waals surface area contributed by atoms with Crippen LogP contribution in [-0.2, 0) is 0 Å². The molecule has 2 aromatic carbocycles. The summed E-state index contributed by atoms with van der Waals surface area (Å²) in [6.07, 6.45) is 5.95. The molecule has 0 unspecified atom stereocenters. The molecule has 5 heterocycles. The molecule has 0 saturated heterocycles. The maximum absolute atomic E-state index is 5.16. The van der Waals surface area contributed by atoms with Crippen molar-refractivity contribution in [2.45, 2.75) is 41.5 Å². The number of fused-ring (bicyclic) bond motifs is 3. The van der Waals surface area contributed by atoms with E-state index in [0.29, 0.717) is 11.5 Å². The lowest BCUT2D eigenvalue weighted by Gasteiger charge is -2.28. The van der Waals surface area contributed by atoms with Crippen molar-refractivity contribution in [3.8, 4) is 0 Å². The lowest BCUT2D eigenvalue weighted by atomic mass is 10.1. The minimum atomic E-state index is 0.603. The zero-order valence-electron chi connectivity index (χ0n) is 23.9. The van der Waals surface area contributed by atoms with Crippen molar-refractivity contribution in [1.82, 2.24) is 34.8 Å². The summed E-state index contributed by atoms with van der Waals surface area (Å²) in [5.74, 6) is 3.08. The predicted octanol–water partition coefficient (Wildman–Crippen LogP) is 5.64. The Balaban J connectivity index is 1.60. The highest BCUT2D eigenvalue weighted by molar-refractivity contribution is 5.95. The van der Waals surface area contributed by atoms with Crippen molar-refractivity contribution in [2.75, 3.05) is 9.80 Å². The molecule has 0 fully saturated rings. The monoisotopic (exact) mass is 539 g/mol. The molecule has 0 amide bonds. The van der Waals surface area contributed by atoms with Crippen LogP contribution in [0.3, 0.4) is 0 Å². The molecule has 41 heavy (non-hydrogen) atoms. The Bertz CT molecular complexity index is 1950.